The fourth-order valence-corrected chi connectivity index (χ4v) is 1.50. The fourth-order valence-electron chi connectivity index (χ4n) is 1.33. The van der Waals surface area contributed by atoms with Crippen LogP contribution in [0.5, 0.6) is 0 Å². The van der Waals surface area contributed by atoms with Crippen molar-refractivity contribution in [2.24, 2.45) is 0 Å². The minimum atomic E-state index is -0.556. The van der Waals surface area contributed by atoms with Gasteiger partial charge in [-0.15, -0.1) is 17.7 Å². The van der Waals surface area contributed by atoms with Crippen molar-refractivity contribution in [3.8, 4) is 0 Å². The number of nitrogens with one attached hydrogen (secondary N) is 1. The molecule has 0 aromatic carbocycles. The molecule has 1 fully saturated rings. The molecule has 0 bridgehead atoms. The Morgan fingerprint density at radius 1 is 1.54 bits per heavy atom. The van der Waals surface area contributed by atoms with Crippen LogP contribution >= 0.6 is 12.6 Å². The van der Waals surface area contributed by atoms with Crippen LogP contribution in [0.15, 0.2) is 5.16 Å². The molecule has 0 amide bonds. The molecule has 13 heavy (non-hydrogen) atoms. The first-order chi connectivity index (χ1) is 6.18. The maximum absolute atomic E-state index is 5.42. The van der Waals surface area contributed by atoms with Gasteiger partial charge in [0.25, 0.3) is 0 Å². The van der Waals surface area contributed by atoms with E-state index in [-0.39, 0.29) is 0 Å². The van der Waals surface area contributed by atoms with Gasteiger partial charge >= 0.3 is 0 Å². The maximum Gasteiger partial charge on any atom is 0.205 e. The second-order valence-electron chi connectivity index (χ2n) is 3.09. The summed E-state index contributed by atoms with van der Waals surface area (Å²) < 4.78 is 10.8. The summed E-state index contributed by atoms with van der Waals surface area (Å²) in [6.07, 6.45) is 0.570. The first kappa shape index (κ1) is 8.98. The van der Waals surface area contributed by atoms with E-state index in [9.17, 15) is 0 Å². The van der Waals surface area contributed by atoms with Gasteiger partial charge in [0, 0.05) is 0 Å². The Morgan fingerprint density at radius 2 is 2.23 bits per heavy atom. The van der Waals surface area contributed by atoms with Crippen molar-refractivity contribution in [2.75, 3.05) is 13.2 Å². The van der Waals surface area contributed by atoms with Crippen LogP contribution in [0.2, 0.25) is 0 Å². The molecule has 0 aliphatic carbocycles. The number of hydrogen-bond donors (Lipinski definition) is 2. The molecule has 72 valence electrons. The van der Waals surface area contributed by atoms with Crippen molar-refractivity contribution in [3.63, 3.8) is 0 Å². The van der Waals surface area contributed by atoms with Gasteiger partial charge in [0.2, 0.25) is 5.16 Å². The molecule has 2 heterocycles. The van der Waals surface area contributed by atoms with Gasteiger partial charge in [0.05, 0.1) is 19.6 Å². The second kappa shape index (κ2) is 3.28. The number of nitrogens with zero attached hydrogens (tertiary/aromatic N) is 2. The van der Waals surface area contributed by atoms with Crippen LogP contribution in [0, 0.1) is 0 Å². The number of aromatic nitrogens is 3. The third-order valence-electron chi connectivity index (χ3n) is 1.91. The van der Waals surface area contributed by atoms with E-state index in [4.69, 9.17) is 9.47 Å². The van der Waals surface area contributed by atoms with Crippen LogP contribution in [0.1, 0.15) is 12.7 Å². The Kier molecular flexibility index (Phi) is 2.27. The highest BCUT2D eigenvalue weighted by Gasteiger charge is 2.32. The van der Waals surface area contributed by atoms with Crippen LogP contribution in [-0.2, 0) is 15.9 Å². The first-order valence-corrected chi connectivity index (χ1v) is 4.51. The van der Waals surface area contributed by atoms with E-state index in [1.165, 1.54) is 0 Å². The molecule has 0 radical (unpaired) electrons. The summed E-state index contributed by atoms with van der Waals surface area (Å²) in [4.78, 5) is 4.06. The van der Waals surface area contributed by atoms with Crippen molar-refractivity contribution in [1.82, 2.24) is 15.2 Å². The summed E-state index contributed by atoms with van der Waals surface area (Å²) in [6, 6.07) is 0. The molecular weight excluding hydrogens is 190 g/mol. The van der Waals surface area contributed by atoms with Crippen molar-refractivity contribution < 1.29 is 9.47 Å². The van der Waals surface area contributed by atoms with Gasteiger partial charge in [0.1, 0.15) is 5.82 Å². The van der Waals surface area contributed by atoms with Gasteiger partial charge < -0.3 is 9.47 Å². The molecule has 6 heteroatoms. The monoisotopic (exact) mass is 201 g/mol. The molecule has 0 saturated carbocycles. The van der Waals surface area contributed by atoms with E-state index in [1.54, 1.807) is 0 Å². The van der Waals surface area contributed by atoms with E-state index >= 15 is 0 Å². The molecule has 5 nitrogen and oxygen atoms in total. The van der Waals surface area contributed by atoms with E-state index in [0.717, 1.165) is 5.82 Å². The van der Waals surface area contributed by atoms with Crippen LogP contribution in [-0.4, -0.2) is 34.2 Å². The quantitative estimate of drug-likeness (QED) is 0.680. The largest absolute Gasteiger partial charge is 0.347 e. The Morgan fingerprint density at radius 3 is 2.77 bits per heavy atom. The van der Waals surface area contributed by atoms with Gasteiger partial charge in [0.15, 0.2) is 5.79 Å². The SMILES string of the molecule is CC1(Cc2nc(S)n[nH]2)OCCO1. The third kappa shape index (κ3) is 2.01. The lowest BCUT2D eigenvalue weighted by atomic mass is 10.2. The summed E-state index contributed by atoms with van der Waals surface area (Å²) in [7, 11) is 0. The van der Waals surface area contributed by atoms with E-state index in [1.807, 2.05) is 6.92 Å². The molecule has 1 N–H and O–H groups in total. The smallest absolute Gasteiger partial charge is 0.205 e. The van der Waals surface area contributed by atoms with E-state index in [2.05, 4.69) is 27.8 Å². The zero-order valence-electron chi connectivity index (χ0n) is 7.28. The van der Waals surface area contributed by atoms with E-state index in [0.29, 0.717) is 24.8 Å². The number of aromatic amines is 1. The Labute approximate surface area is 81.2 Å². The zero-order valence-corrected chi connectivity index (χ0v) is 8.17. The molecule has 1 saturated heterocycles. The second-order valence-corrected chi connectivity index (χ2v) is 3.49. The molecule has 1 aliphatic heterocycles. The van der Waals surface area contributed by atoms with Crippen LogP contribution in [0.25, 0.3) is 0 Å². The van der Waals surface area contributed by atoms with Gasteiger partial charge in [-0.05, 0) is 6.92 Å². The molecule has 0 atom stereocenters. The average Bonchev–Trinajstić information content (AvgIpc) is 2.62. The fraction of sp³-hybridized carbons (Fsp3) is 0.714. The van der Waals surface area contributed by atoms with Gasteiger partial charge in [-0.3, -0.25) is 5.10 Å². The zero-order chi connectivity index (χ0) is 9.31. The Hall–Kier alpha value is -0.590. The topological polar surface area (TPSA) is 60.0 Å². The lowest BCUT2D eigenvalue weighted by Crippen LogP contribution is -2.29. The number of thiol groups is 1. The van der Waals surface area contributed by atoms with Crippen LogP contribution in [0.3, 0.4) is 0 Å². The number of H-pyrrole nitrogens is 1. The number of hydrogen-bond acceptors (Lipinski definition) is 5. The molecule has 0 unspecified atom stereocenters. The highest BCUT2D eigenvalue weighted by atomic mass is 32.1. The standard InChI is InChI=1S/C7H11N3O2S/c1-7(11-2-3-12-7)4-5-8-6(13)10-9-5/h2-4H2,1H3,(H2,8,9,10,13). The molecular formula is C7H11N3O2S. The summed E-state index contributed by atoms with van der Waals surface area (Å²) in [6.45, 7) is 3.16. The van der Waals surface area contributed by atoms with Gasteiger partial charge in [-0.25, -0.2) is 4.98 Å². The van der Waals surface area contributed by atoms with Gasteiger partial charge in [-0.2, -0.15) is 0 Å². The molecule has 0 spiro atoms. The predicted octanol–water partition coefficient (Wildman–Crippen LogP) is 0.399. The highest BCUT2D eigenvalue weighted by Crippen LogP contribution is 2.22. The predicted molar refractivity (Wildman–Crippen MR) is 47.6 cm³/mol. The van der Waals surface area contributed by atoms with Crippen molar-refractivity contribution in [3.05, 3.63) is 5.82 Å². The van der Waals surface area contributed by atoms with E-state index < -0.39 is 5.79 Å². The first-order valence-electron chi connectivity index (χ1n) is 4.06. The maximum atomic E-state index is 5.42. The summed E-state index contributed by atoms with van der Waals surface area (Å²) in [5.41, 5.74) is 0. The van der Waals surface area contributed by atoms with Crippen molar-refractivity contribution in [1.29, 1.82) is 0 Å². The molecule has 1 aromatic heterocycles. The highest BCUT2D eigenvalue weighted by molar-refractivity contribution is 7.80. The van der Waals surface area contributed by atoms with Crippen molar-refractivity contribution >= 4 is 12.6 Å². The normalized spacial score (nSPS) is 20.8. The molecule has 1 aromatic rings. The van der Waals surface area contributed by atoms with Crippen LogP contribution < -0.4 is 0 Å². The minimum Gasteiger partial charge on any atom is -0.347 e. The lowest BCUT2D eigenvalue weighted by Gasteiger charge is -2.20. The number of rotatable bonds is 2. The Bertz CT molecular complexity index is 296. The summed E-state index contributed by atoms with van der Waals surface area (Å²) >= 11 is 3.99. The third-order valence-corrected chi connectivity index (χ3v) is 2.11. The lowest BCUT2D eigenvalue weighted by molar-refractivity contribution is -0.141. The average molecular weight is 201 g/mol. The Balaban J connectivity index is 2.04. The molecule has 1 aliphatic rings. The van der Waals surface area contributed by atoms with Crippen LogP contribution in [0.4, 0.5) is 0 Å². The molecule has 2 rings (SSSR count). The number of ether oxygens (including phenoxy) is 2. The summed E-state index contributed by atoms with van der Waals surface area (Å²) in [5, 5.41) is 7.01. The van der Waals surface area contributed by atoms with Crippen molar-refractivity contribution in [2.45, 2.75) is 24.3 Å². The summed E-state index contributed by atoms with van der Waals surface area (Å²) in [5.74, 6) is 0.175. The minimum absolute atomic E-state index is 0.441. The van der Waals surface area contributed by atoms with Gasteiger partial charge in [-0.1, -0.05) is 0 Å².